The summed E-state index contributed by atoms with van der Waals surface area (Å²) in [7, 11) is -0.592. The van der Waals surface area contributed by atoms with Crippen LogP contribution in [0.25, 0.3) is 6.08 Å². The zero-order valence-corrected chi connectivity index (χ0v) is 13.6. The van der Waals surface area contributed by atoms with Crippen LogP contribution >= 0.6 is 0 Å². The van der Waals surface area contributed by atoms with Gasteiger partial charge in [0.05, 0.1) is 24.4 Å². The monoisotopic (exact) mass is 305 g/mol. The minimum absolute atomic E-state index is 0.127. The number of anilines is 1. The fraction of sp³-hybridized carbons (Fsp3) is 0.500. The highest BCUT2D eigenvalue weighted by Gasteiger charge is 2.52. The minimum Gasteiger partial charge on any atom is -0.400 e. The summed E-state index contributed by atoms with van der Waals surface area (Å²) in [5, 5.41) is 19.0. The van der Waals surface area contributed by atoms with Gasteiger partial charge in [-0.25, -0.2) is 0 Å². The number of rotatable bonds is 4. The Morgan fingerprint density at radius 2 is 1.77 bits per heavy atom. The van der Waals surface area contributed by atoms with Gasteiger partial charge in [-0.15, -0.1) is 0 Å². The molecule has 1 aliphatic rings. The first kappa shape index (κ1) is 17.0. The zero-order valence-electron chi connectivity index (χ0n) is 13.6. The third kappa shape index (κ3) is 3.20. The summed E-state index contributed by atoms with van der Waals surface area (Å²) < 4.78 is 11.9. The summed E-state index contributed by atoms with van der Waals surface area (Å²) in [4.78, 5) is 0. The van der Waals surface area contributed by atoms with E-state index in [9.17, 15) is 10.2 Å². The van der Waals surface area contributed by atoms with Crippen molar-refractivity contribution in [3.05, 3.63) is 34.8 Å². The maximum absolute atomic E-state index is 9.67. The molecule has 0 aliphatic carbocycles. The largest absolute Gasteiger partial charge is 0.492 e. The molecular formula is C16H24BNO4. The molecule has 4 N–H and O–H groups in total. The standard InChI is InChI=1S/C16H24BNO4/c1-15(2)16(3,4)22-17(21-15)13(10-20)8-11-5-6-14(18)12(7-11)9-19/h5-8,19-20H,9-10,18H2,1-4H3. The van der Waals surface area contributed by atoms with Gasteiger partial charge in [0.2, 0.25) is 0 Å². The number of benzene rings is 1. The topological polar surface area (TPSA) is 84.9 Å². The van der Waals surface area contributed by atoms with E-state index < -0.39 is 18.3 Å². The SMILES string of the molecule is CC1(C)OB(C(=Cc2ccc(N)c(CO)c2)CO)OC1(C)C. The van der Waals surface area contributed by atoms with Gasteiger partial charge in [0.25, 0.3) is 0 Å². The third-order valence-electron chi connectivity index (χ3n) is 4.43. The van der Waals surface area contributed by atoms with Gasteiger partial charge in [-0.1, -0.05) is 12.1 Å². The summed E-state index contributed by atoms with van der Waals surface area (Å²) in [5.74, 6) is 0. The lowest BCUT2D eigenvalue weighted by molar-refractivity contribution is 0.00578. The second kappa shape index (κ2) is 6.04. The highest BCUT2D eigenvalue weighted by Crippen LogP contribution is 2.38. The van der Waals surface area contributed by atoms with Gasteiger partial charge in [0.15, 0.2) is 0 Å². The third-order valence-corrected chi connectivity index (χ3v) is 4.43. The van der Waals surface area contributed by atoms with Crippen molar-refractivity contribution in [2.45, 2.75) is 45.5 Å². The van der Waals surface area contributed by atoms with E-state index in [1.807, 2.05) is 33.8 Å². The number of aliphatic hydroxyl groups excluding tert-OH is 2. The van der Waals surface area contributed by atoms with E-state index in [0.717, 1.165) is 5.56 Å². The van der Waals surface area contributed by atoms with E-state index in [1.54, 1.807) is 18.2 Å². The fourth-order valence-corrected chi connectivity index (χ4v) is 2.25. The maximum Gasteiger partial charge on any atom is 0.492 e. The van der Waals surface area contributed by atoms with E-state index >= 15 is 0 Å². The van der Waals surface area contributed by atoms with E-state index in [1.165, 1.54) is 0 Å². The van der Waals surface area contributed by atoms with Crippen molar-refractivity contribution in [2.24, 2.45) is 0 Å². The van der Waals surface area contributed by atoms with Crippen LogP contribution in [0, 0.1) is 0 Å². The predicted octanol–water partition coefficient (Wildman–Crippen LogP) is 1.77. The van der Waals surface area contributed by atoms with Gasteiger partial charge in [0.1, 0.15) is 0 Å². The molecule has 22 heavy (non-hydrogen) atoms. The van der Waals surface area contributed by atoms with E-state index in [0.29, 0.717) is 16.7 Å². The molecule has 0 amide bonds. The quantitative estimate of drug-likeness (QED) is 0.583. The molecule has 0 radical (unpaired) electrons. The van der Waals surface area contributed by atoms with Crippen molar-refractivity contribution in [3.8, 4) is 0 Å². The highest BCUT2D eigenvalue weighted by molar-refractivity contribution is 6.55. The highest BCUT2D eigenvalue weighted by atomic mass is 16.7. The Hall–Kier alpha value is -1.34. The Labute approximate surface area is 131 Å². The zero-order chi connectivity index (χ0) is 16.5. The van der Waals surface area contributed by atoms with Crippen molar-refractivity contribution in [3.63, 3.8) is 0 Å². The van der Waals surface area contributed by atoms with Crippen LogP contribution in [0.2, 0.25) is 0 Å². The number of nitrogen functional groups attached to an aromatic ring is 1. The number of nitrogens with two attached hydrogens (primary N) is 1. The molecule has 6 heteroatoms. The molecule has 0 aromatic heterocycles. The first-order valence-electron chi connectivity index (χ1n) is 7.36. The van der Waals surface area contributed by atoms with Gasteiger partial charge in [-0.05, 0) is 50.9 Å². The summed E-state index contributed by atoms with van der Waals surface area (Å²) in [6.07, 6.45) is 1.81. The second-order valence-corrected chi connectivity index (χ2v) is 6.58. The lowest BCUT2D eigenvalue weighted by Gasteiger charge is -2.32. The van der Waals surface area contributed by atoms with Gasteiger partial charge in [0, 0.05) is 11.3 Å². The smallest absolute Gasteiger partial charge is 0.400 e. The first-order valence-corrected chi connectivity index (χ1v) is 7.36. The van der Waals surface area contributed by atoms with Crippen LogP contribution < -0.4 is 5.73 Å². The van der Waals surface area contributed by atoms with E-state index in [2.05, 4.69) is 0 Å². The summed E-state index contributed by atoms with van der Waals surface area (Å²) in [5.41, 5.74) is 7.52. The molecule has 0 saturated carbocycles. The van der Waals surface area contributed by atoms with Crippen molar-refractivity contribution in [1.82, 2.24) is 0 Å². The van der Waals surface area contributed by atoms with E-state index in [-0.39, 0.29) is 13.2 Å². The molecule has 0 spiro atoms. The normalized spacial score (nSPS) is 20.5. The minimum atomic E-state index is -0.592. The van der Waals surface area contributed by atoms with Crippen LogP contribution in [0.3, 0.4) is 0 Å². The van der Waals surface area contributed by atoms with Crippen LogP contribution in [0.4, 0.5) is 5.69 Å². The van der Waals surface area contributed by atoms with Gasteiger partial charge in [-0.3, -0.25) is 0 Å². The molecule has 0 bridgehead atoms. The Balaban J connectivity index is 2.29. The number of aliphatic hydroxyl groups is 2. The first-order chi connectivity index (χ1) is 10.2. The van der Waals surface area contributed by atoms with Crippen LogP contribution in [0.1, 0.15) is 38.8 Å². The summed E-state index contributed by atoms with van der Waals surface area (Å²) >= 11 is 0. The molecule has 1 aliphatic heterocycles. The van der Waals surface area contributed by atoms with Crippen molar-refractivity contribution in [2.75, 3.05) is 12.3 Å². The van der Waals surface area contributed by atoms with Crippen LogP contribution in [-0.2, 0) is 15.9 Å². The van der Waals surface area contributed by atoms with Crippen LogP contribution in [-0.4, -0.2) is 35.1 Å². The molecule has 1 saturated heterocycles. The molecular weight excluding hydrogens is 281 g/mol. The van der Waals surface area contributed by atoms with Crippen molar-refractivity contribution >= 4 is 18.9 Å². The Bertz CT molecular complexity index is 568. The second-order valence-electron chi connectivity index (χ2n) is 6.58. The molecule has 1 fully saturated rings. The Morgan fingerprint density at radius 3 is 2.27 bits per heavy atom. The van der Waals surface area contributed by atoms with Gasteiger partial charge >= 0.3 is 7.12 Å². The molecule has 1 aromatic carbocycles. The number of hydrogen-bond acceptors (Lipinski definition) is 5. The lowest BCUT2D eigenvalue weighted by Crippen LogP contribution is -2.41. The molecule has 5 nitrogen and oxygen atoms in total. The average Bonchev–Trinajstić information content (AvgIpc) is 2.66. The van der Waals surface area contributed by atoms with Gasteiger partial charge in [-0.2, -0.15) is 0 Å². The Kier molecular flexibility index (Phi) is 4.68. The molecule has 1 aromatic rings. The molecule has 2 rings (SSSR count). The maximum atomic E-state index is 9.67. The Morgan fingerprint density at radius 1 is 1.18 bits per heavy atom. The predicted molar refractivity (Wildman–Crippen MR) is 87.9 cm³/mol. The molecule has 0 atom stereocenters. The fourth-order valence-electron chi connectivity index (χ4n) is 2.25. The molecule has 120 valence electrons. The van der Waals surface area contributed by atoms with Crippen molar-refractivity contribution in [1.29, 1.82) is 0 Å². The van der Waals surface area contributed by atoms with E-state index in [4.69, 9.17) is 15.0 Å². The van der Waals surface area contributed by atoms with Crippen molar-refractivity contribution < 1.29 is 19.5 Å². The molecule has 0 unspecified atom stereocenters. The van der Waals surface area contributed by atoms with Crippen LogP contribution in [0.5, 0.6) is 0 Å². The summed E-state index contributed by atoms with van der Waals surface area (Å²) in [6, 6.07) is 5.35. The van der Waals surface area contributed by atoms with Crippen LogP contribution in [0.15, 0.2) is 23.7 Å². The lowest BCUT2D eigenvalue weighted by atomic mass is 9.77. The summed E-state index contributed by atoms with van der Waals surface area (Å²) in [6.45, 7) is 7.57. The molecule has 1 heterocycles. The van der Waals surface area contributed by atoms with Gasteiger partial charge < -0.3 is 25.3 Å². The number of hydrogen-bond donors (Lipinski definition) is 3. The average molecular weight is 305 g/mol.